The quantitative estimate of drug-likeness (QED) is 0.671. The lowest BCUT2D eigenvalue weighted by atomic mass is 10.1. The Balaban J connectivity index is 1.98. The second-order valence-corrected chi connectivity index (χ2v) is 3.53. The molecule has 1 aromatic rings. The first kappa shape index (κ1) is 7.62. The molecule has 2 heterocycles. The standard InChI is InChI=1S/C11H10N2O/c1-2-4-10-9(3-1)7-11(13-10)8-12-5-6-14-11/h1-6,8,13H,7H2. The Morgan fingerprint density at radius 1 is 1.36 bits per heavy atom. The Hall–Kier alpha value is -1.77. The first-order valence-corrected chi connectivity index (χ1v) is 4.61. The molecule has 70 valence electrons. The largest absolute Gasteiger partial charge is 0.469 e. The van der Waals surface area contributed by atoms with E-state index in [-0.39, 0.29) is 0 Å². The molecule has 3 heteroatoms. The van der Waals surface area contributed by atoms with E-state index in [2.05, 4.69) is 22.4 Å². The fourth-order valence-corrected chi connectivity index (χ4v) is 1.88. The first-order valence-electron chi connectivity index (χ1n) is 4.61. The van der Waals surface area contributed by atoms with E-state index in [4.69, 9.17) is 4.74 Å². The van der Waals surface area contributed by atoms with Crippen LogP contribution in [0.5, 0.6) is 0 Å². The molecule has 0 fully saturated rings. The molecule has 0 bridgehead atoms. The minimum atomic E-state index is -0.446. The molecule has 0 amide bonds. The molecule has 2 aliphatic heterocycles. The highest BCUT2D eigenvalue weighted by Crippen LogP contribution is 2.33. The van der Waals surface area contributed by atoms with Crippen molar-refractivity contribution in [2.75, 3.05) is 5.32 Å². The average molecular weight is 186 g/mol. The van der Waals surface area contributed by atoms with E-state index in [0.717, 1.165) is 12.1 Å². The molecule has 0 aliphatic carbocycles. The van der Waals surface area contributed by atoms with Crippen molar-refractivity contribution in [3.8, 4) is 0 Å². The van der Waals surface area contributed by atoms with E-state index in [9.17, 15) is 0 Å². The Bertz CT molecular complexity index is 398. The second kappa shape index (κ2) is 2.61. The van der Waals surface area contributed by atoms with Crippen LogP contribution in [0, 0.1) is 0 Å². The number of anilines is 1. The van der Waals surface area contributed by atoms with Gasteiger partial charge >= 0.3 is 0 Å². The molecule has 1 unspecified atom stereocenters. The Labute approximate surface area is 82.1 Å². The summed E-state index contributed by atoms with van der Waals surface area (Å²) in [6.45, 7) is 0. The molecule has 0 saturated carbocycles. The highest BCUT2D eigenvalue weighted by molar-refractivity contribution is 5.79. The van der Waals surface area contributed by atoms with Crippen LogP contribution in [0.25, 0.3) is 0 Å². The van der Waals surface area contributed by atoms with Crippen molar-refractivity contribution >= 4 is 11.9 Å². The predicted molar refractivity (Wildman–Crippen MR) is 55.2 cm³/mol. The number of rotatable bonds is 0. The minimum absolute atomic E-state index is 0.446. The summed E-state index contributed by atoms with van der Waals surface area (Å²) in [7, 11) is 0. The lowest BCUT2D eigenvalue weighted by molar-refractivity contribution is 0.122. The fourth-order valence-electron chi connectivity index (χ4n) is 1.88. The number of fused-ring (bicyclic) bond motifs is 1. The maximum absolute atomic E-state index is 5.57. The molecule has 1 atom stereocenters. The number of nitrogens with one attached hydrogen (secondary N) is 1. The molecule has 1 aromatic carbocycles. The number of nitrogens with zero attached hydrogens (tertiary/aromatic N) is 1. The fraction of sp³-hybridized carbons (Fsp3) is 0.182. The zero-order valence-electron chi connectivity index (χ0n) is 7.60. The molecule has 3 rings (SSSR count). The van der Waals surface area contributed by atoms with Crippen molar-refractivity contribution < 1.29 is 4.74 Å². The number of benzene rings is 1. The summed E-state index contributed by atoms with van der Waals surface area (Å²) in [4.78, 5) is 4.10. The maximum Gasteiger partial charge on any atom is 0.220 e. The average Bonchev–Trinajstić information content (AvgIpc) is 2.56. The monoisotopic (exact) mass is 186 g/mol. The van der Waals surface area contributed by atoms with E-state index >= 15 is 0 Å². The normalized spacial score (nSPS) is 27.1. The van der Waals surface area contributed by atoms with Crippen LogP contribution in [0.1, 0.15) is 5.56 Å². The number of para-hydroxylation sites is 1. The lowest BCUT2D eigenvalue weighted by Crippen LogP contribution is -2.40. The van der Waals surface area contributed by atoms with Gasteiger partial charge in [0.15, 0.2) is 0 Å². The van der Waals surface area contributed by atoms with Crippen LogP contribution in [0.15, 0.2) is 41.7 Å². The van der Waals surface area contributed by atoms with Gasteiger partial charge in [0.05, 0.1) is 12.4 Å². The van der Waals surface area contributed by atoms with Crippen LogP contribution in [-0.4, -0.2) is 11.9 Å². The SMILES string of the molecule is C1=COC2(C=N1)Cc1ccccc1N2. The van der Waals surface area contributed by atoms with Gasteiger partial charge in [0.2, 0.25) is 5.72 Å². The molecule has 14 heavy (non-hydrogen) atoms. The lowest BCUT2D eigenvalue weighted by Gasteiger charge is -2.26. The van der Waals surface area contributed by atoms with Crippen molar-refractivity contribution in [1.29, 1.82) is 0 Å². The van der Waals surface area contributed by atoms with Crippen molar-refractivity contribution in [2.45, 2.75) is 12.1 Å². The molecule has 2 aliphatic rings. The summed E-state index contributed by atoms with van der Waals surface area (Å²) in [6, 6.07) is 8.21. The van der Waals surface area contributed by atoms with Gasteiger partial charge in [-0.3, -0.25) is 4.99 Å². The highest BCUT2D eigenvalue weighted by atomic mass is 16.5. The summed E-state index contributed by atoms with van der Waals surface area (Å²) < 4.78 is 5.57. The molecular formula is C11H10N2O. The van der Waals surface area contributed by atoms with Gasteiger partial charge in [-0.2, -0.15) is 0 Å². The molecule has 3 nitrogen and oxygen atoms in total. The van der Waals surface area contributed by atoms with Crippen LogP contribution < -0.4 is 5.32 Å². The van der Waals surface area contributed by atoms with Gasteiger partial charge in [0.25, 0.3) is 0 Å². The summed E-state index contributed by atoms with van der Waals surface area (Å²) in [5.41, 5.74) is 1.96. The van der Waals surface area contributed by atoms with Crippen LogP contribution in [0.3, 0.4) is 0 Å². The number of ether oxygens (including phenoxy) is 1. The summed E-state index contributed by atoms with van der Waals surface area (Å²) in [5.74, 6) is 0. The van der Waals surface area contributed by atoms with Gasteiger partial charge in [-0.15, -0.1) is 0 Å². The third kappa shape index (κ3) is 1.02. The molecule has 1 spiro atoms. The molecule has 0 aromatic heterocycles. The van der Waals surface area contributed by atoms with Crippen molar-refractivity contribution in [3.05, 3.63) is 42.3 Å². The molecular weight excluding hydrogens is 176 g/mol. The Morgan fingerprint density at radius 2 is 2.29 bits per heavy atom. The highest BCUT2D eigenvalue weighted by Gasteiger charge is 2.37. The van der Waals surface area contributed by atoms with Gasteiger partial charge in [0, 0.05) is 12.1 Å². The van der Waals surface area contributed by atoms with Crippen molar-refractivity contribution in [1.82, 2.24) is 0 Å². The van der Waals surface area contributed by atoms with E-state index in [1.54, 1.807) is 12.5 Å². The molecule has 0 radical (unpaired) electrons. The molecule has 1 N–H and O–H groups in total. The summed E-state index contributed by atoms with van der Waals surface area (Å²) >= 11 is 0. The maximum atomic E-state index is 5.57. The van der Waals surface area contributed by atoms with E-state index in [0.29, 0.717) is 0 Å². The van der Waals surface area contributed by atoms with Crippen LogP contribution in [0.2, 0.25) is 0 Å². The third-order valence-corrected chi connectivity index (χ3v) is 2.53. The molecule has 0 saturated heterocycles. The van der Waals surface area contributed by atoms with Gasteiger partial charge in [-0.05, 0) is 11.6 Å². The van der Waals surface area contributed by atoms with Crippen molar-refractivity contribution in [3.63, 3.8) is 0 Å². The number of hydrogen-bond acceptors (Lipinski definition) is 3. The van der Waals surface area contributed by atoms with Crippen LogP contribution >= 0.6 is 0 Å². The van der Waals surface area contributed by atoms with Gasteiger partial charge < -0.3 is 10.1 Å². The second-order valence-electron chi connectivity index (χ2n) is 3.53. The minimum Gasteiger partial charge on any atom is -0.469 e. The zero-order valence-corrected chi connectivity index (χ0v) is 7.60. The zero-order chi connectivity index (χ0) is 9.43. The Kier molecular flexibility index (Phi) is 1.42. The summed E-state index contributed by atoms with van der Waals surface area (Å²) in [5, 5.41) is 3.33. The topological polar surface area (TPSA) is 33.6 Å². The van der Waals surface area contributed by atoms with Crippen LogP contribution in [-0.2, 0) is 11.2 Å². The smallest absolute Gasteiger partial charge is 0.220 e. The number of aliphatic imine (C=N–C) groups is 1. The number of hydrogen-bond donors (Lipinski definition) is 1. The van der Waals surface area contributed by atoms with Gasteiger partial charge in [-0.25, -0.2) is 0 Å². The van der Waals surface area contributed by atoms with E-state index in [1.807, 2.05) is 18.3 Å². The summed E-state index contributed by atoms with van der Waals surface area (Å²) in [6.07, 6.45) is 5.92. The van der Waals surface area contributed by atoms with E-state index < -0.39 is 5.72 Å². The van der Waals surface area contributed by atoms with Crippen LogP contribution in [0.4, 0.5) is 5.69 Å². The third-order valence-electron chi connectivity index (χ3n) is 2.53. The van der Waals surface area contributed by atoms with Crippen molar-refractivity contribution in [2.24, 2.45) is 4.99 Å². The first-order chi connectivity index (χ1) is 6.88. The van der Waals surface area contributed by atoms with Gasteiger partial charge in [0.1, 0.15) is 6.26 Å². The van der Waals surface area contributed by atoms with E-state index in [1.165, 1.54) is 5.56 Å². The Morgan fingerprint density at radius 3 is 3.07 bits per heavy atom. The van der Waals surface area contributed by atoms with Gasteiger partial charge in [-0.1, -0.05) is 18.2 Å². The predicted octanol–water partition coefficient (Wildman–Crippen LogP) is 1.92.